The zero-order valence-electron chi connectivity index (χ0n) is 12.3. The Hall–Kier alpha value is -0.870. The van der Waals surface area contributed by atoms with Gasteiger partial charge < -0.3 is 4.90 Å². The first kappa shape index (κ1) is 21.1. The summed E-state index contributed by atoms with van der Waals surface area (Å²) in [6.07, 6.45) is 1.96. The van der Waals surface area contributed by atoms with Gasteiger partial charge in [0.2, 0.25) is 0 Å². The maximum atomic E-state index is 11.0. The third-order valence-corrected chi connectivity index (χ3v) is 3.63. The number of anilines is 1. The van der Waals surface area contributed by atoms with Gasteiger partial charge in [0.15, 0.2) is 0 Å². The number of hydrogen-bond acceptors (Lipinski definition) is 7. The molecule has 0 unspecified atom stereocenters. The highest BCUT2D eigenvalue weighted by molar-refractivity contribution is 7.86. The van der Waals surface area contributed by atoms with Crippen molar-refractivity contribution in [2.24, 2.45) is 0 Å². The van der Waals surface area contributed by atoms with Crippen molar-refractivity contribution in [3.8, 4) is 0 Å². The van der Waals surface area contributed by atoms with E-state index in [1.165, 1.54) is 0 Å². The van der Waals surface area contributed by atoms with Gasteiger partial charge >= 0.3 is 0 Å². The molecular formula is C12H20ClNO6S2. The Balaban J connectivity index is 0.00000441. The van der Waals surface area contributed by atoms with Gasteiger partial charge in [-0.05, 0) is 12.1 Å². The lowest BCUT2D eigenvalue weighted by atomic mass is 10.3. The quantitative estimate of drug-likeness (QED) is 0.593. The third kappa shape index (κ3) is 9.96. The SMILES string of the molecule is CS(=O)(=O)OCCN(CCOS(C)(=O)=O)c1ccccc1.Cl. The van der Waals surface area contributed by atoms with Gasteiger partial charge in [-0.3, -0.25) is 8.37 Å². The van der Waals surface area contributed by atoms with Crippen LogP contribution in [0.15, 0.2) is 30.3 Å². The van der Waals surface area contributed by atoms with Crippen molar-refractivity contribution in [3.63, 3.8) is 0 Å². The molecule has 0 bridgehead atoms. The molecule has 1 aromatic carbocycles. The lowest BCUT2D eigenvalue weighted by Crippen LogP contribution is -2.32. The molecule has 10 heteroatoms. The van der Waals surface area contributed by atoms with E-state index in [4.69, 9.17) is 8.37 Å². The molecule has 22 heavy (non-hydrogen) atoms. The first-order valence-electron chi connectivity index (χ1n) is 6.16. The van der Waals surface area contributed by atoms with Crippen LogP contribution >= 0.6 is 12.4 Å². The van der Waals surface area contributed by atoms with Crippen LogP contribution < -0.4 is 4.90 Å². The van der Waals surface area contributed by atoms with Crippen molar-refractivity contribution in [2.45, 2.75) is 0 Å². The van der Waals surface area contributed by atoms with Crippen molar-refractivity contribution in [3.05, 3.63) is 30.3 Å². The fourth-order valence-electron chi connectivity index (χ4n) is 1.61. The highest BCUT2D eigenvalue weighted by Gasteiger charge is 2.10. The molecule has 0 N–H and O–H groups in total. The minimum absolute atomic E-state index is 0. The van der Waals surface area contributed by atoms with Crippen molar-refractivity contribution >= 4 is 38.3 Å². The van der Waals surface area contributed by atoms with E-state index in [1.54, 1.807) is 4.90 Å². The van der Waals surface area contributed by atoms with Gasteiger partial charge in [0.1, 0.15) is 0 Å². The van der Waals surface area contributed by atoms with E-state index < -0.39 is 20.2 Å². The molecule has 0 spiro atoms. The minimum atomic E-state index is -3.50. The Labute approximate surface area is 137 Å². The largest absolute Gasteiger partial charge is 0.367 e. The molecule has 0 aliphatic heterocycles. The van der Waals surface area contributed by atoms with Gasteiger partial charge in [-0.15, -0.1) is 12.4 Å². The maximum Gasteiger partial charge on any atom is 0.264 e. The molecule has 0 radical (unpaired) electrons. The molecule has 0 aromatic heterocycles. The number of hydrogen-bond donors (Lipinski definition) is 0. The van der Waals surface area contributed by atoms with Gasteiger partial charge in [0.05, 0.1) is 25.7 Å². The van der Waals surface area contributed by atoms with Gasteiger partial charge in [-0.1, -0.05) is 18.2 Å². The fourth-order valence-corrected chi connectivity index (χ4v) is 2.36. The zero-order chi connectivity index (χ0) is 15.9. The van der Waals surface area contributed by atoms with Gasteiger partial charge in [0, 0.05) is 18.8 Å². The highest BCUT2D eigenvalue weighted by atomic mass is 35.5. The molecule has 0 aliphatic carbocycles. The van der Waals surface area contributed by atoms with E-state index >= 15 is 0 Å². The number of benzene rings is 1. The lowest BCUT2D eigenvalue weighted by Gasteiger charge is -2.24. The van der Waals surface area contributed by atoms with E-state index in [1.807, 2.05) is 30.3 Å². The van der Waals surface area contributed by atoms with Gasteiger partial charge in [-0.25, -0.2) is 0 Å². The summed E-state index contributed by atoms with van der Waals surface area (Å²) < 4.78 is 53.2. The van der Waals surface area contributed by atoms with Crippen molar-refractivity contribution in [1.29, 1.82) is 0 Å². The van der Waals surface area contributed by atoms with Crippen molar-refractivity contribution in [1.82, 2.24) is 0 Å². The van der Waals surface area contributed by atoms with Crippen molar-refractivity contribution < 1.29 is 25.2 Å². The predicted molar refractivity (Wildman–Crippen MR) is 87.5 cm³/mol. The van der Waals surface area contributed by atoms with Crippen LogP contribution in [0.25, 0.3) is 0 Å². The van der Waals surface area contributed by atoms with Crippen molar-refractivity contribution in [2.75, 3.05) is 43.7 Å². The Kier molecular flexibility index (Phi) is 8.94. The Morgan fingerprint density at radius 3 is 1.64 bits per heavy atom. The zero-order valence-corrected chi connectivity index (χ0v) is 14.8. The Bertz CT molecular complexity index is 595. The summed E-state index contributed by atoms with van der Waals surface area (Å²) in [5.41, 5.74) is 0.826. The van der Waals surface area contributed by atoms with Crippen LogP contribution in [0.3, 0.4) is 0 Å². The molecule has 7 nitrogen and oxygen atoms in total. The summed E-state index contributed by atoms with van der Waals surface area (Å²) in [6, 6.07) is 9.18. The van der Waals surface area contributed by atoms with Crippen LogP contribution in [0.1, 0.15) is 0 Å². The molecule has 0 fully saturated rings. The van der Waals surface area contributed by atoms with Crippen LogP contribution in [-0.4, -0.2) is 55.7 Å². The molecule has 1 aromatic rings. The number of para-hydroxylation sites is 1. The fraction of sp³-hybridized carbons (Fsp3) is 0.500. The minimum Gasteiger partial charge on any atom is -0.367 e. The molecule has 0 saturated heterocycles. The average molecular weight is 374 g/mol. The molecule has 0 saturated carbocycles. The third-order valence-electron chi connectivity index (χ3n) is 2.44. The second-order valence-corrected chi connectivity index (χ2v) is 7.66. The van der Waals surface area contributed by atoms with Crippen LogP contribution in [-0.2, 0) is 28.6 Å². The summed E-state index contributed by atoms with van der Waals surface area (Å²) in [6.45, 7) is 0.549. The van der Waals surface area contributed by atoms with Gasteiger partial charge in [0.25, 0.3) is 20.2 Å². The smallest absolute Gasteiger partial charge is 0.264 e. The van der Waals surface area contributed by atoms with Crippen LogP contribution in [0.5, 0.6) is 0 Å². The van der Waals surface area contributed by atoms with Gasteiger partial charge in [-0.2, -0.15) is 16.8 Å². The summed E-state index contributed by atoms with van der Waals surface area (Å²) in [7, 11) is -7.00. The van der Waals surface area contributed by atoms with E-state index in [0.29, 0.717) is 13.1 Å². The molecular weight excluding hydrogens is 354 g/mol. The molecule has 0 aliphatic rings. The number of rotatable bonds is 9. The lowest BCUT2D eigenvalue weighted by molar-refractivity contribution is 0.309. The average Bonchev–Trinajstić information content (AvgIpc) is 2.35. The van der Waals surface area contributed by atoms with Crippen LogP contribution in [0, 0.1) is 0 Å². The Morgan fingerprint density at radius 1 is 0.864 bits per heavy atom. The summed E-state index contributed by atoms with van der Waals surface area (Å²) in [4.78, 5) is 1.79. The van der Waals surface area contributed by atoms with E-state index in [2.05, 4.69) is 0 Å². The summed E-state index contributed by atoms with van der Waals surface area (Å²) in [5, 5.41) is 0. The first-order valence-corrected chi connectivity index (χ1v) is 9.79. The topological polar surface area (TPSA) is 90.0 Å². The van der Waals surface area contributed by atoms with E-state index in [0.717, 1.165) is 18.2 Å². The van der Waals surface area contributed by atoms with E-state index in [-0.39, 0.29) is 25.6 Å². The maximum absolute atomic E-state index is 11.0. The monoisotopic (exact) mass is 373 g/mol. The normalized spacial score (nSPS) is 11.7. The second kappa shape index (κ2) is 9.31. The standard InChI is InChI=1S/C12H19NO6S2.ClH/c1-20(14,15)18-10-8-13(9-11-19-21(2,16)17)12-6-4-3-5-7-12;/h3-7H,8-11H2,1-2H3;1H. The molecule has 1 rings (SSSR count). The molecule has 0 atom stereocenters. The summed E-state index contributed by atoms with van der Waals surface area (Å²) >= 11 is 0. The molecule has 128 valence electrons. The van der Waals surface area contributed by atoms with Crippen LogP contribution in [0.4, 0.5) is 5.69 Å². The highest BCUT2D eigenvalue weighted by Crippen LogP contribution is 2.12. The molecule has 0 amide bonds. The summed E-state index contributed by atoms with van der Waals surface area (Å²) in [5.74, 6) is 0. The number of nitrogens with zero attached hydrogens (tertiary/aromatic N) is 1. The second-order valence-electron chi connectivity index (χ2n) is 4.37. The predicted octanol–water partition coefficient (Wildman–Crippen LogP) is 0.867. The first-order chi connectivity index (χ1) is 9.67. The van der Waals surface area contributed by atoms with Crippen LogP contribution in [0.2, 0.25) is 0 Å². The van der Waals surface area contributed by atoms with E-state index in [9.17, 15) is 16.8 Å². The Morgan fingerprint density at radius 2 is 1.27 bits per heavy atom. The molecule has 0 heterocycles. The number of halogens is 1.